The molecule has 0 fully saturated rings. The van der Waals surface area contributed by atoms with Gasteiger partial charge in [-0.3, -0.25) is 0 Å². The molecule has 0 aliphatic heterocycles. The molecule has 0 saturated carbocycles. The lowest BCUT2D eigenvalue weighted by molar-refractivity contribution is -0.473. The van der Waals surface area contributed by atoms with Crippen molar-refractivity contribution >= 4 is 9.28 Å². The van der Waals surface area contributed by atoms with Gasteiger partial charge in [0.25, 0.3) is 0 Å². The molecular formula is C12H29NO5Si. The monoisotopic (exact) mass is 295 g/mol. The molecule has 0 amide bonds. The molecule has 0 rings (SSSR count). The second-order valence-electron chi connectivity index (χ2n) is 3.73. The van der Waals surface area contributed by atoms with Crippen LogP contribution in [-0.4, -0.2) is 48.4 Å². The molecular weight excluding hydrogens is 266 g/mol. The van der Waals surface area contributed by atoms with Crippen molar-refractivity contribution in [2.75, 3.05) is 33.0 Å². The molecule has 1 unspecified atom stereocenters. The van der Waals surface area contributed by atoms with E-state index in [4.69, 9.17) is 28.8 Å². The Morgan fingerprint density at radius 2 is 1.42 bits per heavy atom. The Morgan fingerprint density at radius 3 is 1.79 bits per heavy atom. The van der Waals surface area contributed by atoms with Crippen LogP contribution >= 0.6 is 0 Å². The summed E-state index contributed by atoms with van der Waals surface area (Å²) in [6.45, 7) is 10.1. The van der Waals surface area contributed by atoms with Crippen LogP contribution in [0.2, 0.25) is 6.04 Å². The average molecular weight is 295 g/mol. The van der Waals surface area contributed by atoms with Crippen LogP contribution in [0.4, 0.5) is 0 Å². The number of nitrogens with two attached hydrogens (primary N) is 1. The summed E-state index contributed by atoms with van der Waals surface area (Å²) < 4.78 is 28.1. The van der Waals surface area contributed by atoms with Crippen molar-refractivity contribution in [3.63, 3.8) is 0 Å². The smallest absolute Gasteiger partial charge is 0.397 e. The summed E-state index contributed by atoms with van der Waals surface area (Å²) in [5, 5.41) is 0. The van der Waals surface area contributed by atoms with Crippen LogP contribution in [0, 0.1) is 0 Å². The van der Waals surface area contributed by atoms with Crippen molar-refractivity contribution in [2.24, 2.45) is 5.73 Å². The lowest BCUT2D eigenvalue weighted by atomic mass is 10.5. The second kappa shape index (κ2) is 11.8. The van der Waals surface area contributed by atoms with Gasteiger partial charge in [-0.15, -0.1) is 0 Å². The molecule has 0 radical (unpaired) electrons. The molecule has 2 N–H and O–H groups in total. The van der Waals surface area contributed by atoms with Crippen LogP contribution < -0.4 is 5.73 Å². The molecule has 19 heavy (non-hydrogen) atoms. The van der Waals surface area contributed by atoms with Gasteiger partial charge in [0.15, 0.2) is 0 Å². The maximum Gasteiger partial charge on any atom is 0.404 e. The van der Waals surface area contributed by atoms with Gasteiger partial charge in [-0.25, -0.2) is 0 Å². The van der Waals surface area contributed by atoms with Gasteiger partial charge in [0.1, 0.15) is 0 Å². The summed E-state index contributed by atoms with van der Waals surface area (Å²) in [6.07, 6.45) is -0.573. The van der Waals surface area contributed by atoms with E-state index >= 15 is 0 Å². The van der Waals surface area contributed by atoms with Gasteiger partial charge >= 0.3 is 15.4 Å². The highest BCUT2D eigenvalue weighted by atomic mass is 28.3. The summed E-state index contributed by atoms with van der Waals surface area (Å²) in [4.78, 5) is 0. The number of rotatable bonds is 13. The molecule has 1 atom stereocenters. The van der Waals surface area contributed by atoms with Crippen molar-refractivity contribution in [3.8, 4) is 0 Å². The van der Waals surface area contributed by atoms with E-state index in [-0.39, 0.29) is 0 Å². The molecule has 0 aromatic heterocycles. The lowest BCUT2D eigenvalue weighted by Gasteiger charge is -2.34. The van der Waals surface area contributed by atoms with Crippen molar-refractivity contribution in [1.29, 1.82) is 0 Å². The van der Waals surface area contributed by atoms with E-state index < -0.39 is 15.4 Å². The van der Waals surface area contributed by atoms with Crippen LogP contribution in [0.3, 0.4) is 0 Å². The fourth-order valence-electron chi connectivity index (χ4n) is 1.57. The Kier molecular flexibility index (Phi) is 11.8. The standard InChI is InChI=1S/C12H29NO5Si/c1-5-14-12(15-6-2,16-7-3)18-19(17-8-4)11-9-10-13/h19H,5-11,13H2,1-4H3. The second-order valence-corrected chi connectivity index (χ2v) is 5.74. The Hall–Kier alpha value is -0.0231. The first-order valence-electron chi connectivity index (χ1n) is 7.09. The summed E-state index contributed by atoms with van der Waals surface area (Å²) in [5.74, 6) is 0. The molecule has 0 aromatic rings. The van der Waals surface area contributed by atoms with Crippen LogP contribution in [0.5, 0.6) is 0 Å². The van der Waals surface area contributed by atoms with Crippen molar-refractivity contribution in [3.05, 3.63) is 0 Å². The van der Waals surface area contributed by atoms with Crippen LogP contribution in [0.25, 0.3) is 0 Å². The molecule has 0 aromatic carbocycles. The Morgan fingerprint density at radius 1 is 0.895 bits per heavy atom. The molecule has 0 heterocycles. The highest BCUT2D eigenvalue weighted by Crippen LogP contribution is 2.21. The van der Waals surface area contributed by atoms with E-state index in [1.165, 1.54) is 0 Å². The quantitative estimate of drug-likeness (QED) is 0.408. The number of ether oxygens (including phenoxy) is 3. The summed E-state index contributed by atoms with van der Waals surface area (Å²) in [5.41, 5.74) is 5.53. The first-order chi connectivity index (χ1) is 9.17. The van der Waals surface area contributed by atoms with Gasteiger partial charge in [0, 0.05) is 6.61 Å². The van der Waals surface area contributed by atoms with Gasteiger partial charge < -0.3 is 28.8 Å². The average Bonchev–Trinajstić information content (AvgIpc) is 2.37. The van der Waals surface area contributed by atoms with E-state index in [2.05, 4.69) is 0 Å². The summed E-state index contributed by atoms with van der Waals surface area (Å²) in [7, 11) is -1.93. The predicted octanol–water partition coefficient (Wildman–Crippen LogP) is 1.33. The third-order valence-electron chi connectivity index (χ3n) is 2.24. The molecule has 0 aliphatic rings. The number of hydrogen-bond donors (Lipinski definition) is 1. The Bertz CT molecular complexity index is 192. The molecule has 116 valence electrons. The fraction of sp³-hybridized carbons (Fsp3) is 1.00. The summed E-state index contributed by atoms with van der Waals surface area (Å²) >= 11 is 0. The lowest BCUT2D eigenvalue weighted by Crippen LogP contribution is -2.47. The van der Waals surface area contributed by atoms with E-state index in [1.54, 1.807) is 0 Å². The van der Waals surface area contributed by atoms with Crippen LogP contribution in [0.1, 0.15) is 34.1 Å². The molecule has 0 spiro atoms. The van der Waals surface area contributed by atoms with Gasteiger partial charge in [-0.2, -0.15) is 0 Å². The highest BCUT2D eigenvalue weighted by Gasteiger charge is 2.38. The minimum Gasteiger partial charge on any atom is -0.397 e. The van der Waals surface area contributed by atoms with E-state index in [9.17, 15) is 0 Å². The molecule has 0 saturated heterocycles. The van der Waals surface area contributed by atoms with Gasteiger partial charge in [0.2, 0.25) is 0 Å². The van der Waals surface area contributed by atoms with Crippen molar-refractivity contribution in [2.45, 2.75) is 46.3 Å². The normalized spacial score (nSPS) is 13.7. The molecule has 0 aliphatic carbocycles. The number of hydrogen-bond acceptors (Lipinski definition) is 6. The maximum atomic E-state index is 5.90. The topological polar surface area (TPSA) is 72.2 Å². The molecule has 0 bridgehead atoms. The van der Waals surface area contributed by atoms with E-state index in [0.717, 1.165) is 12.5 Å². The third kappa shape index (κ3) is 7.98. The first-order valence-corrected chi connectivity index (χ1v) is 8.85. The van der Waals surface area contributed by atoms with Crippen LogP contribution in [-0.2, 0) is 23.1 Å². The highest BCUT2D eigenvalue weighted by molar-refractivity contribution is 6.44. The Balaban J connectivity index is 4.68. The molecule has 6 nitrogen and oxygen atoms in total. The molecule has 7 heteroatoms. The predicted molar refractivity (Wildman–Crippen MR) is 75.9 cm³/mol. The van der Waals surface area contributed by atoms with Gasteiger partial charge in [0.05, 0.1) is 19.8 Å². The first kappa shape index (κ1) is 19.0. The Labute approximate surface area is 118 Å². The van der Waals surface area contributed by atoms with Gasteiger partial charge in [-0.1, -0.05) is 0 Å². The van der Waals surface area contributed by atoms with Crippen molar-refractivity contribution < 1.29 is 23.1 Å². The minimum absolute atomic E-state index is 0.435. The fourth-order valence-corrected chi connectivity index (χ4v) is 3.38. The zero-order chi connectivity index (χ0) is 14.6. The third-order valence-corrected chi connectivity index (χ3v) is 4.37. The van der Waals surface area contributed by atoms with E-state index in [1.807, 2.05) is 27.7 Å². The summed E-state index contributed by atoms with van der Waals surface area (Å²) in [6, 6.07) is 0.805. The zero-order valence-electron chi connectivity index (χ0n) is 12.6. The minimum atomic E-state index is -1.93. The van der Waals surface area contributed by atoms with E-state index in [0.29, 0.717) is 33.0 Å². The van der Waals surface area contributed by atoms with Gasteiger partial charge in [-0.05, 0) is 46.7 Å². The SMILES string of the molecule is CCO[SiH](CCCN)OC(OCC)(OCC)OCC. The van der Waals surface area contributed by atoms with Crippen LogP contribution in [0.15, 0.2) is 0 Å². The maximum absolute atomic E-state index is 5.90. The zero-order valence-corrected chi connectivity index (χ0v) is 13.8. The largest absolute Gasteiger partial charge is 0.404 e. The van der Waals surface area contributed by atoms with Crippen molar-refractivity contribution in [1.82, 2.24) is 0 Å².